The summed E-state index contributed by atoms with van der Waals surface area (Å²) in [5.74, 6) is 0. The summed E-state index contributed by atoms with van der Waals surface area (Å²) < 4.78 is 0. The van der Waals surface area contributed by atoms with Gasteiger partial charge in [0.15, 0.2) is 0 Å². The van der Waals surface area contributed by atoms with Crippen molar-refractivity contribution in [3.8, 4) is 0 Å². The van der Waals surface area contributed by atoms with Crippen molar-refractivity contribution in [3.63, 3.8) is 0 Å². The van der Waals surface area contributed by atoms with Crippen LogP contribution in [0.1, 0.15) is 6.42 Å². The lowest BCUT2D eigenvalue weighted by atomic mass is 10.4. The van der Waals surface area contributed by atoms with Crippen molar-refractivity contribution in [2.75, 3.05) is 0 Å². The Hall–Kier alpha value is -0.980. The molecule has 0 bridgehead atoms. The van der Waals surface area contributed by atoms with E-state index in [2.05, 4.69) is 6.58 Å². The maximum absolute atomic E-state index is 5.07. The third kappa shape index (κ3) is 5.02. The number of hydrogen-bond acceptors (Lipinski definition) is 1. The van der Waals surface area contributed by atoms with Gasteiger partial charge < -0.3 is 5.73 Å². The van der Waals surface area contributed by atoms with Gasteiger partial charge in [0.1, 0.15) is 0 Å². The van der Waals surface area contributed by atoms with Gasteiger partial charge in [-0.05, 0) is 12.6 Å². The van der Waals surface area contributed by atoms with Crippen LogP contribution >= 0.6 is 0 Å². The van der Waals surface area contributed by atoms with Crippen LogP contribution < -0.4 is 5.73 Å². The van der Waals surface area contributed by atoms with Crippen molar-refractivity contribution in [1.82, 2.24) is 0 Å². The highest BCUT2D eigenvalue weighted by molar-refractivity contribution is 5.00. The number of nitrogens with two attached hydrogens (primary N) is 1. The molecule has 0 atom stereocenters. The quantitative estimate of drug-likeness (QED) is 0.547. The second-order valence-electron chi connectivity index (χ2n) is 1.33. The van der Waals surface area contributed by atoms with Crippen LogP contribution in [0.15, 0.2) is 37.1 Å². The molecule has 0 aromatic heterocycles. The van der Waals surface area contributed by atoms with Gasteiger partial charge in [0.25, 0.3) is 0 Å². The Morgan fingerprint density at radius 2 is 2.12 bits per heavy atom. The molecule has 8 heavy (non-hydrogen) atoms. The van der Waals surface area contributed by atoms with Crippen LogP contribution in [0.2, 0.25) is 0 Å². The van der Waals surface area contributed by atoms with E-state index in [4.69, 9.17) is 5.73 Å². The standard InChI is InChI=1S/C7H11N/c1-2-3-4-5-6-7-8/h2-4,6-7H,1,5,8H2/b4-3?,7-6+. The largest absolute Gasteiger partial charge is 0.405 e. The van der Waals surface area contributed by atoms with E-state index >= 15 is 0 Å². The molecule has 0 amide bonds. The lowest BCUT2D eigenvalue weighted by Crippen LogP contribution is -1.73. The van der Waals surface area contributed by atoms with Crippen molar-refractivity contribution in [3.05, 3.63) is 37.1 Å². The first kappa shape index (κ1) is 7.02. The lowest BCUT2D eigenvalue weighted by molar-refractivity contribution is 1.36. The first-order chi connectivity index (χ1) is 3.91. The van der Waals surface area contributed by atoms with Crippen LogP contribution in [-0.4, -0.2) is 0 Å². The third-order valence-corrected chi connectivity index (χ3v) is 0.680. The Bertz CT molecular complexity index is 101. The van der Waals surface area contributed by atoms with Gasteiger partial charge in [0, 0.05) is 0 Å². The minimum Gasteiger partial charge on any atom is -0.405 e. The van der Waals surface area contributed by atoms with Crippen LogP contribution in [0.5, 0.6) is 0 Å². The van der Waals surface area contributed by atoms with E-state index in [0.717, 1.165) is 6.42 Å². The summed E-state index contributed by atoms with van der Waals surface area (Å²) in [5.41, 5.74) is 5.07. The Labute approximate surface area is 50.2 Å². The molecule has 0 radical (unpaired) electrons. The lowest BCUT2D eigenvalue weighted by Gasteiger charge is -1.74. The molecule has 0 rings (SSSR count). The predicted molar refractivity (Wildman–Crippen MR) is 37.3 cm³/mol. The summed E-state index contributed by atoms with van der Waals surface area (Å²) in [6.07, 6.45) is 9.91. The molecule has 0 spiro atoms. The fourth-order valence-electron chi connectivity index (χ4n) is 0.332. The molecule has 0 unspecified atom stereocenters. The second-order valence-corrected chi connectivity index (χ2v) is 1.33. The van der Waals surface area contributed by atoms with Crippen molar-refractivity contribution >= 4 is 0 Å². The van der Waals surface area contributed by atoms with E-state index in [-0.39, 0.29) is 0 Å². The predicted octanol–water partition coefficient (Wildman–Crippen LogP) is 1.59. The summed E-state index contributed by atoms with van der Waals surface area (Å²) in [5, 5.41) is 0. The molecule has 44 valence electrons. The van der Waals surface area contributed by atoms with Crippen molar-refractivity contribution in [2.45, 2.75) is 6.42 Å². The number of allylic oxidation sites excluding steroid dienone is 4. The zero-order chi connectivity index (χ0) is 6.24. The van der Waals surface area contributed by atoms with E-state index in [1.807, 2.05) is 18.2 Å². The molecule has 0 aliphatic heterocycles. The van der Waals surface area contributed by atoms with Crippen LogP contribution in [0.25, 0.3) is 0 Å². The van der Waals surface area contributed by atoms with Crippen LogP contribution in [0, 0.1) is 0 Å². The van der Waals surface area contributed by atoms with Crippen molar-refractivity contribution < 1.29 is 0 Å². The molecule has 0 saturated heterocycles. The molecule has 1 nitrogen and oxygen atoms in total. The van der Waals surface area contributed by atoms with E-state index in [1.165, 1.54) is 6.20 Å². The fourth-order valence-corrected chi connectivity index (χ4v) is 0.332. The zero-order valence-electron chi connectivity index (χ0n) is 4.88. The normalized spacial score (nSPS) is 11.0. The molecule has 2 N–H and O–H groups in total. The SMILES string of the molecule is C=CC=CC/C=C/N. The van der Waals surface area contributed by atoms with Crippen LogP contribution in [0.4, 0.5) is 0 Å². The zero-order valence-corrected chi connectivity index (χ0v) is 4.88. The van der Waals surface area contributed by atoms with Gasteiger partial charge in [-0.2, -0.15) is 0 Å². The van der Waals surface area contributed by atoms with Crippen molar-refractivity contribution in [1.29, 1.82) is 0 Å². The van der Waals surface area contributed by atoms with Gasteiger partial charge in [-0.15, -0.1) is 0 Å². The van der Waals surface area contributed by atoms with E-state index in [1.54, 1.807) is 6.08 Å². The summed E-state index contributed by atoms with van der Waals surface area (Å²) >= 11 is 0. The second kappa shape index (κ2) is 6.02. The molecule has 1 heteroatoms. The molecular formula is C7H11N. The molecule has 0 aromatic carbocycles. The molecular weight excluding hydrogens is 98.1 g/mol. The minimum atomic E-state index is 0.891. The number of rotatable bonds is 3. The first-order valence-corrected chi connectivity index (χ1v) is 2.56. The molecule has 0 aliphatic carbocycles. The molecule has 0 saturated carbocycles. The van der Waals surface area contributed by atoms with E-state index < -0.39 is 0 Å². The maximum Gasteiger partial charge on any atom is -0.00999 e. The van der Waals surface area contributed by atoms with E-state index in [9.17, 15) is 0 Å². The highest BCUT2D eigenvalue weighted by atomic mass is 14.5. The Morgan fingerprint density at radius 1 is 1.38 bits per heavy atom. The van der Waals surface area contributed by atoms with Gasteiger partial charge in [-0.1, -0.05) is 30.9 Å². The molecule has 0 aromatic rings. The highest BCUT2D eigenvalue weighted by Gasteiger charge is 1.63. The first-order valence-electron chi connectivity index (χ1n) is 2.56. The van der Waals surface area contributed by atoms with Gasteiger partial charge in [-0.3, -0.25) is 0 Å². The summed E-state index contributed by atoms with van der Waals surface area (Å²) in [4.78, 5) is 0. The minimum absolute atomic E-state index is 0.891. The van der Waals surface area contributed by atoms with Gasteiger partial charge in [0.2, 0.25) is 0 Å². The maximum atomic E-state index is 5.07. The third-order valence-electron chi connectivity index (χ3n) is 0.680. The average Bonchev–Trinajstić information content (AvgIpc) is 1.81. The fraction of sp³-hybridized carbons (Fsp3) is 0.143. The number of hydrogen-bond donors (Lipinski definition) is 1. The molecule has 0 heterocycles. The molecule has 0 fully saturated rings. The van der Waals surface area contributed by atoms with Gasteiger partial charge >= 0.3 is 0 Å². The topological polar surface area (TPSA) is 26.0 Å². The summed E-state index contributed by atoms with van der Waals surface area (Å²) in [7, 11) is 0. The Kier molecular flexibility index (Phi) is 5.28. The van der Waals surface area contributed by atoms with Crippen LogP contribution in [-0.2, 0) is 0 Å². The average molecular weight is 109 g/mol. The van der Waals surface area contributed by atoms with E-state index in [0.29, 0.717) is 0 Å². The Morgan fingerprint density at radius 3 is 2.62 bits per heavy atom. The molecule has 0 aliphatic rings. The summed E-state index contributed by atoms with van der Waals surface area (Å²) in [6.45, 7) is 3.52. The van der Waals surface area contributed by atoms with Crippen LogP contribution in [0.3, 0.4) is 0 Å². The van der Waals surface area contributed by atoms with Crippen molar-refractivity contribution in [2.24, 2.45) is 5.73 Å². The highest BCUT2D eigenvalue weighted by Crippen LogP contribution is 1.82. The summed E-state index contributed by atoms with van der Waals surface area (Å²) in [6, 6.07) is 0. The Balaban J connectivity index is 3.15. The van der Waals surface area contributed by atoms with Gasteiger partial charge in [-0.25, -0.2) is 0 Å². The van der Waals surface area contributed by atoms with Gasteiger partial charge in [0.05, 0.1) is 0 Å². The monoisotopic (exact) mass is 109 g/mol. The smallest absolute Gasteiger partial charge is 0.00999 e.